The van der Waals surface area contributed by atoms with E-state index >= 15 is 0 Å². The molecule has 1 heterocycles. The largest absolute Gasteiger partial charge is 0.389 e. The molecule has 0 bridgehead atoms. The molecule has 2 aliphatic carbocycles. The molecule has 4 heteroatoms. The van der Waals surface area contributed by atoms with Gasteiger partial charge in [0.2, 0.25) is 5.56 Å². The summed E-state index contributed by atoms with van der Waals surface area (Å²) in [4.78, 5) is 14.4. The van der Waals surface area contributed by atoms with E-state index in [2.05, 4.69) is 17.2 Å². The Hall–Kier alpha value is -1.13. The van der Waals surface area contributed by atoms with Crippen LogP contribution < -0.4 is 10.9 Å². The van der Waals surface area contributed by atoms with Crippen LogP contribution in [0.15, 0.2) is 16.9 Å². The van der Waals surface area contributed by atoms with Gasteiger partial charge in [-0.1, -0.05) is 25.8 Å². The first-order chi connectivity index (χ1) is 10.1. The lowest BCUT2D eigenvalue weighted by molar-refractivity contribution is -0.0141. The molecule has 116 valence electrons. The van der Waals surface area contributed by atoms with Crippen molar-refractivity contribution in [1.29, 1.82) is 0 Å². The molecule has 21 heavy (non-hydrogen) atoms. The van der Waals surface area contributed by atoms with Crippen molar-refractivity contribution in [1.82, 2.24) is 10.3 Å². The predicted octanol–water partition coefficient (Wildman–Crippen LogP) is 2.28. The maximum absolute atomic E-state index is 11.4. The lowest BCUT2D eigenvalue weighted by Crippen LogP contribution is -2.45. The molecule has 3 N–H and O–H groups in total. The molecule has 0 amide bonds. The number of hydrogen-bond acceptors (Lipinski definition) is 3. The first-order valence-corrected chi connectivity index (χ1v) is 8.24. The second kappa shape index (κ2) is 5.93. The van der Waals surface area contributed by atoms with Crippen LogP contribution in [0.5, 0.6) is 0 Å². The standard InChI is InChI=1S/C17H26N2O2/c1-12-4-3-9-17(21,10-12)11-18-14-5-2-6-15-13(14)7-8-16(20)19-15/h7-8,12,14,18,21H,2-6,9-11H2,1H3,(H,19,20). The molecule has 3 atom stereocenters. The van der Waals surface area contributed by atoms with Gasteiger partial charge in [0.15, 0.2) is 0 Å². The Labute approximate surface area is 126 Å². The van der Waals surface area contributed by atoms with Gasteiger partial charge in [0.05, 0.1) is 5.60 Å². The predicted molar refractivity (Wildman–Crippen MR) is 83.3 cm³/mol. The number of rotatable bonds is 3. The molecular formula is C17H26N2O2. The molecule has 1 saturated carbocycles. The summed E-state index contributed by atoms with van der Waals surface area (Å²) in [6.07, 6.45) is 7.25. The first kappa shape index (κ1) is 14.8. The van der Waals surface area contributed by atoms with Crippen LogP contribution in [0.1, 0.15) is 62.7 Å². The number of aryl methyl sites for hydroxylation is 1. The van der Waals surface area contributed by atoms with Crippen LogP contribution in [0.2, 0.25) is 0 Å². The third kappa shape index (κ3) is 3.38. The minimum atomic E-state index is -0.558. The Morgan fingerprint density at radius 3 is 3.05 bits per heavy atom. The SMILES string of the molecule is CC1CCCC(O)(CNC2CCCc3[nH]c(=O)ccc32)C1. The van der Waals surface area contributed by atoms with Gasteiger partial charge in [-0.2, -0.15) is 0 Å². The van der Waals surface area contributed by atoms with Gasteiger partial charge in [0.1, 0.15) is 0 Å². The fourth-order valence-corrected chi connectivity index (χ4v) is 4.02. The number of nitrogens with one attached hydrogen (secondary N) is 2. The van der Waals surface area contributed by atoms with Gasteiger partial charge in [-0.05, 0) is 43.6 Å². The molecule has 0 saturated heterocycles. The maximum Gasteiger partial charge on any atom is 0.248 e. The van der Waals surface area contributed by atoms with Gasteiger partial charge in [0, 0.05) is 24.3 Å². The molecule has 0 aliphatic heterocycles. The van der Waals surface area contributed by atoms with Crippen LogP contribution >= 0.6 is 0 Å². The van der Waals surface area contributed by atoms with E-state index in [1.165, 1.54) is 12.0 Å². The highest BCUT2D eigenvalue weighted by Crippen LogP contribution is 2.33. The van der Waals surface area contributed by atoms with E-state index < -0.39 is 5.60 Å². The molecule has 4 nitrogen and oxygen atoms in total. The summed E-state index contributed by atoms with van der Waals surface area (Å²) in [6.45, 7) is 2.88. The highest BCUT2D eigenvalue weighted by molar-refractivity contribution is 5.26. The monoisotopic (exact) mass is 290 g/mol. The van der Waals surface area contributed by atoms with Crippen LogP contribution in [0.3, 0.4) is 0 Å². The third-order valence-corrected chi connectivity index (χ3v) is 5.08. The molecule has 3 unspecified atom stereocenters. The minimum absolute atomic E-state index is 0.0193. The van der Waals surface area contributed by atoms with Crippen molar-refractivity contribution < 1.29 is 5.11 Å². The van der Waals surface area contributed by atoms with Crippen LogP contribution in [0.4, 0.5) is 0 Å². The van der Waals surface area contributed by atoms with Gasteiger partial charge in [-0.25, -0.2) is 0 Å². The highest BCUT2D eigenvalue weighted by Gasteiger charge is 2.33. The highest BCUT2D eigenvalue weighted by atomic mass is 16.3. The lowest BCUT2D eigenvalue weighted by Gasteiger charge is -2.37. The van der Waals surface area contributed by atoms with Gasteiger partial charge in [-0.3, -0.25) is 4.79 Å². The molecule has 0 aromatic carbocycles. The van der Waals surface area contributed by atoms with Crippen molar-refractivity contribution in [3.05, 3.63) is 33.7 Å². The van der Waals surface area contributed by atoms with E-state index in [0.717, 1.165) is 44.2 Å². The van der Waals surface area contributed by atoms with Crippen molar-refractivity contribution in [2.75, 3.05) is 6.54 Å². The second-order valence-corrected chi connectivity index (χ2v) is 7.01. The first-order valence-electron chi connectivity index (χ1n) is 8.24. The summed E-state index contributed by atoms with van der Waals surface area (Å²) in [6, 6.07) is 3.81. The van der Waals surface area contributed by atoms with Crippen LogP contribution in [-0.4, -0.2) is 22.2 Å². The summed E-state index contributed by atoms with van der Waals surface area (Å²) in [5, 5.41) is 14.3. The van der Waals surface area contributed by atoms with E-state index in [9.17, 15) is 9.90 Å². The van der Waals surface area contributed by atoms with Gasteiger partial charge in [0.25, 0.3) is 0 Å². The van der Waals surface area contributed by atoms with Gasteiger partial charge in [-0.15, -0.1) is 0 Å². The van der Waals surface area contributed by atoms with Gasteiger partial charge < -0.3 is 15.4 Å². The summed E-state index contributed by atoms with van der Waals surface area (Å²) in [5.41, 5.74) is 1.69. The summed E-state index contributed by atoms with van der Waals surface area (Å²) >= 11 is 0. The Kier molecular flexibility index (Phi) is 4.18. The molecular weight excluding hydrogens is 264 g/mol. The van der Waals surface area contributed by atoms with E-state index in [1.807, 2.05) is 6.07 Å². The normalized spacial score (nSPS) is 32.7. The molecule has 0 radical (unpaired) electrons. The van der Waals surface area contributed by atoms with Crippen molar-refractivity contribution in [3.8, 4) is 0 Å². The summed E-state index contributed by atoms with van der Waals surface area (Å²) in [5.74, 6) is 0.612. The van der Waals surface area contributed by atoms with E-state index in [4.69, 9.17) is 0 Å². The molecule has 1 aromatic heterocycles. The summed E-state index contributed by atoms with van der Waals surface area (Å²) < 4.78 is 0. The maximum atomic E-state index is 11.4. The topological polar surface area (TPSA) is 65.1 Å². The zero-order chi connectivity index (χ0) is 14.9. The second-order valence-electron chi connectivity index (χ2n) is 7.01. The molecule has 2 aliphatic rings. The van der Waals surface area contributed by atoms with Crippen LogP contribution in [0, 0.1) is 5.92 Å². The average molecular weight is 290 g/mol. The van der Waals surface area contributed by atoms with E-state index in [0.29, 0.717) is 12.5 Å². The Morgan fingerprint density at radius 1 is 1.38 bits per heavy atom. The zero-order valence-electron chi connectivity index (χ0n) is 12.8. The quantitative estimate of drug-likeness (QED) is 0.800. The molecule has 3 rings (SSSR count). The Morgan fingerprint density at radius 2 is 2.24 bits per heavy atom. The number of aromatic amines is 1. The number of aliphatic hydroxyl groups is 1. The number of fused-ring (bicyclic) bond motifs is 1. The van der Waals surface area contributed by atoms with Crippen molar-refractivity contribution in [2.24, 2.45) is 5.92 Å². The molecule has 1 fully saturated rings. The fourth-order valence-electron chi connectivity index (χ4n) is 4.02. The minimum Gasteiger partial charge on any atom is -0.389 e. The fraction of sp³-hybridized carbons (Fsp3) is 0.706. The number of aromatic nitrogens is 1. The number of H-pyrrole nitrogens is 1. The van der Waals surface area contributed by atoms with Crippen molar-refractivity contribution in [3.63, 3.8) is 0 Å². The molecule has 1 aromatic rings. The number of pyridine rings is 1. The smallest absolute Gasteiger partial charge is 0.248 e. The Bertz CT molecular complexity index is 554. The lowest BCUT2D eigenvalue weighted by atomic mass is 9.78. The van der Waals surface area contributed by atoms with E-state index in [-0.39, 0.29) is 11.6 Å². The van der Waals surface area contributed by atoms with Crippen molar-refractivity contribution in [2.45, 2.75) is 63.5 Å². The summed E-state index contributed by atoms with van der Waals surface area (Å²) in [7, 11) is 0. The van der Waals surface area contributed by atoms with E-state index in [1.54, 1.807) is 6.07 Å². The van der Waals surface area contributed by atoms with Gasteiger partial charge >= 0.3 is 0 Å². The molecule has 0 spiro atoms. The van der Waals surface area contributed by atoms with Crippen LogP contribution in [0.25, 0.3) is 0 Å². The number of hydrogen-bond donors (Lipinski definition) is 3. The Balaban J connectivity index is 1.68. The average Bonchev–Trinajstić information content (AvgIpc) is 2.44. The third-order valence-electron chi connectivity index (χ3n) is 5.08. The zero-order valence-corrected chi connectivity index (χ0v) is 12.8. The van der Waals surface area contributed by atoms with Crippen molar-refractivity contribution >= 4 is 0 Å². The van der Waals surface area contributed by atoms with Crippen LogP contribution in [-0.2, 0) is 6.42 Å².